The van der Waals surface area contributed by atoms with Crippen molar-refractivity contribution in [3.8, 4) is 0 Å². The predicted molar refractivity (Wildman–Crippen MR) is 70.5 cm³/mol. The molecule has 1 aliphatic heterocycles. The number of carboxylic acids is 1. The van der Waals surface area contributed by atoms with Crippen molar-refractivity contribution < 1.29 is 14.6 Å². The first kappa shape index (κ1) is 12.4. The first-order valence-electron chi connectivity index (χ1n) is 6.83. The van der Waals surface area contributed by atoms with E-state index in [9.17, 15) is 9.90 Å². The maximum atomic E-state index is 11.3. The molecule has 2 heterocycles. The number of rotatable bonds is 2. The summed E-state index contributed by atoms with van der Waals surface area (Å²) in [5.74, 6) is -0.915. The Balaban J connectivity index is 1.94. The van der Waals surface area contributed by atoms with Crippen LogP contribution in [0.5, 0.6) is 0 Å². The van der Waals surface area contributed by atoms with Crippen LogP contribution in [0, 0.1) is 0 Å². The van der Waals surface area contributed by atoms with Crippen LogP contribution in [0.2, 0.25) is 0 Å². The molecule has 1 aliphatic carbocycles. The van der Waals surface area contributed by atoms with E-state index in [2.05, 4.69) is 9.88 Å². The molecule has 0 amide bonds. The van der Waals surface area contributed by atoms with Gasteiger partial charge in [0.05, 0.1) is 24.4 Å². The lowest BCUT2D eigenvalue weighted by Gasteiger charge is -2.45. The van der Waals surface area contributed by atoms with Crippen molar-refractivity contribution in [1.82, 2.24) is 4.98 Å². The second-order valence-electron chi connectivity index (χ2n) is 5.15. The molecule has 5 heteroatoms. The minimum absolute atomic E-state index is 0.248. The van der Waals surface area contributed by atoms with Gasteiger partial charge in [0, 0.05) is 18.9 Å². The highest BCUT2D eigenvalue weighted by atomic mass is 16.5. The number of anilines is 1. The van der Waals surface area contributed by atoms with Gasteiger partial charge in [-0.05, 0) is 18.9 Å². The van der Waals surface area contributed by atoms with E-state index in [-0.39, 0.29) is 11.7 Å². The molecular weight excluding hydrogens is 244 g/mol. The van der Waals surface area contributed by atoms with Gasteiger partial charge in [-0.25, -0.2) is 4.79 Å². The molecule has 5 nitrogen and oxygen atoms in total. The lowest BCUT2D eigenvalue weighted by molar-refractivity contribution is -0.00878. The minimum atomic E-state index is -0.915. The molecule has 3 rings (SSSR count). The van der Waals surface area contributed by atoms with Gasteiger partial charge in [-0.3, -0.25) is 4.98 Å². The van der Waals surface area contributed by atoms with E-state index in [1.807, 2.05) is 0 Å². The van der Waals surface area contributed by atoms with Crippen LogP contribution < -0.4 is 4.90 Å². The number of hydrogen-bond acceptors (Lipinski definition) is 4. The van der Waals surface area contributed by atoms with E-state index in [0.29, 0.717) is 12.6 Å². The number of morpholine rings is 1. The Morgan fingerprint density at radius 2 is 2.26 bits per heavy atom. The van der Waals surface area contributed by atoms with E-state index < -0.39 is 5.97 Å². The fourth-order valence-electron chi connectivity index (χ4n) is 3.20. The smallest absolute Gasteiger partial charge is 0.339 e. The van der Waals surface area contributed by atoms with Crippen LogP contribution in [-0.2, 0) is 4.74 Å². The van der Waals surface area contributed by atoms with Gasteiger partial charge in [0.15, 0.2) is 0 Å². The molecule has 1 aromatic rings. The Kier molecular flexibility index (Phi) is 3.38. The standard InChI is InChI=1S/C14H18N2O3/c17-14(18)10-9-15-6-5-11(10)16-7-8-19-13-4-2-1-3-12(13)16/h5-6,9,12-13H,1-4,7-8H2,(H,17,18). The lowest BCUT2D eigenvalue weighted by atomic mass is 9.89. The molecular formula is C14H18N2O3. The average molecular weight is 262 g/mol. The number of carboxylic acid groups (broad SMARTS) is 1. The normalized spacial score (nSPS) is 26.8. The Bertz CT molecular complexity index is 476. The third-order valence-electron chi connectivity index (χ3n) is 4.07. The molecule has 2 aliphatic rings. The Labute approximate surface area is 112 Å². The van der Waals surface area contributed by atoms with Gasteiger partial charge in [0.1, 0.15) is 5.56 Å². The lowest BCUT2D eigenvalue weighted by Crippen LogP contribution is -2.53. The summed E-state index contributed by atoms with van der Waals surface area (Å²) in [5, 5.41) is 9.29. The van der Waals surface area contributed by atoms with Crippen LogP contribution in [-0.4, -0.2) is 41.4 Å². The highest BCUT2D eigenvalue weighted by Crippen LogP contribution is 2.33. The summed E-state index contributed by atoms with van der Waals surface area (Å²) >= 11 is 0. The number of hydrogen-bond donors (Lipinski definition) is 1. The van der Waals surface area contributed by atoms with Gasteiger partial charge in [-0.1, -0.05) is 12.8 Å². The zero-order valence-corrected chi connectivity index (χ0v) is 10.8. The topological polar surface area (TPSA) is 62.7 Å². The van der Waals surface area contributed by atoms with Crippen LogP contribution in [0.25, 0.3) is 0 Å². The van der Waals surface area contributed by atoms with E-state index >= 15 is 0 Å². The molecule has 0 bridgehead atoms. The number of nitrogens with zero attached hydrogens (tertiary/aromatic N) is 2. The monoisotopic (exact) mass is 262 g/mol. The summed E-state index contributed by atoms with van der Waals surface area (Å²) in [4.78, 5) is 17.5. The van der Waals surface area contributed by atoms with Gasteiger partial charge in [-0.15, -0.1) is 0 Å². The molecule has 2 unspecified atom stereocenters. The van der Waals surface area contributed by atoms with Gasteiger partial charge in [0.25, 0.3) is 0 Å². The molecule has 102 valence electrons. The van der Waals surface area contributed by atoms with Crippen molar-refractivity contribution in [3.05, 3.63) is 24.0 Å². The van der Waals surface area contributed by atoms with Crippen molar-refractivity contribution in [2.45, 2.75) is 37.8 Å². The van der Waals surface area contributed by atoms with E-state index in [4.69, 9.17) is 4.74 Å². The highest BCUT2D eigenvalue weighted by Gasteiger charge is 2.35. The van der Waals surface area contributed by atoms with Crippen molar-refractivity contribution >= 4 is 11.7 Å². The number of fused-ring (bicyclic) bond motifs is 1. The Hall–Kier alpha value is -1.62. The highest BCUT2D eigenvalue weighted by molar-refractivity contribution is 5.94. The van der Waals surface area contributed by atoms with Crippen molar-refractivity contribution in [1.29, 1.82) is 0 Å². The molecule has 1 saturated heterocycles. The fourth-order valence-corrected chi connectivity index (χ4v) is 3.20. The predicted octanol–water partition coefficient (Wildman–Crippen LogP) is 1.93. The first-order chi connectivity index (χ1) is 9.27. The quantitative estimate of drug-likeness (QED) is 0.882. The van der Waals surface area contributed by atoms with Crippen LogP contribution in [0.3, 0.4) is 0 Å². The number of pyridine rings is 1. The van der Waals surface area contributed by atoms with Crippen molar-refractivity contribution in [3.63, 3.8) is 0 Å². The summed E-state index contributed by atoms with van der Waals surface area (Å²) in [6.45, 7) is 1.42. The molecule has 0 spiro atoms. The molecule has 1 aromatic heterocycles. The number of carbonyl (C=O) groups is 1. The van der Waals surface area contributed by atoms with E-state index in [0.717, 1.165) is 25.1 Å². The summed E-state index contributed by atoms with van der Waals surface area (Å²) < 4.78 is 5.83. The largest absolute Gasteiger partial charge is 0.478 e. The fraction of sp³-hybridized carbons (Fsp3) is 0.571. The number of aromatic nitrogens is 1. The third-order valence-corrected chi connectivity index (χ3v) is 4.07. The number of aromatic carboxylic acids is 1. The van der Waals surface area contributed by atoms with Gasteiger partial charge >= 0.3 is 5.97 Å². The van der Waals surface area contributed by atoms with Crippen LogP contribution >= 0.6 is 0 Å². The third kappa shape index (κ3) is 2.30. The molecule has 0 radical (unpaired) electrons. The molecule has 0 aromatic carbocycles. The second kappa shape index (κ2) is 5.17. The van der Waals surface area contributed by atoms with Crippen LogP contribution in [0.15, 0.2) is 18.5 Å². The molecule has 19 heavy (non-hydrogen) atoms. The maximum Gasteiger partial charge on any atom is 0.339 e. The summed E-state index contributed by atoms with van der Waals surface area (Å²) in [6, 6.07) is 2.11. The molecule has 2 fully saturated rings. The summed E-state index contributed by atoms with van der Waals surface area (Å²) in [5.41, 5.74) is 1.07. The minimum Gasteiger partial charge on any atom is -0.478 e. The number of ether oxygens (including phenoxy) is 1. The summed E-state index contributed by atoms with van der Waals surface area (Å²) in [6.07, 6.45) is 7.89. The molecule has 1 saturated carbocycles. The van der Waals surface area contributed by atoms with E-state index in [1.165, 1.54) is 19.0 Å². The zero-order valence-electron chi connectivity index (χ0n) is 10.8. The molecule has 2 atom stereocenters. The van der Waals surface area contributed by atoms with Crippen LogP contribution in [0.1, 0.15) is 36.0 Å². The first-order valence-corrected chi connectivity index (χ1v) is 6.83. The van der Waals surface area contributed by atoms with Crippen molar-refractivity contribution in [2.75, 3.05) is 18.1 Å². The second-order valence-corrected chi connectivity index (χ2v) is 5.15. The van der Waals surface area contributed by atoms with Gasteiger partial charge < -0.3 is 14.7 Å². The van der Waals surface area contributed by atoms with E-state index in [1.54, 1.807) is 12.3 Å². The Morgan fingerprint density at radius 1 is 1.42 bits per heavy atom. The average Bonchev–Trinajstić information content (AvgIpc) is 2.46. The molecule has 1 N–H and O–H groups in total. The van der Waals surface area contributed by atoms with Crippen LogP contribution in [0.4, 0.5) is 5.69 Å². The SMILES string of the molecule is O=C(O)c1cnccc1N1CCOC2CCCCC21. The zero-order chi connectivity index (χ0) is 13.2. The summed E-state index contributed by atoms with van der Waals surface area (Å²) in [7, 11) is 0. The maximum absolute atomic E-state index is 11.3. The van der Waals surface area contributed by atoms with Gasteiger partial charge in [0.2, 0.25) is 0 Å². The van der Waals surface area contributed by atoms with Crippen molar-refractivity contribution in [2.24, 2.45) is 0 Å². The van der Waals surface area contributed by atoms with Gasteiger partial charge in [-0.2, -0.15) is 0 Å². The Morgan fingerprint density at radius 3 is 3.11 bits per heavy atom.